The number of benzene rings is 1. The molecule has 0 atom stereocenters. The van der Waals surface area contributed by atoms with E-state index in [0.717, 1.165) is 43.5 Å². The summed E-state index contributed by atoms with van der Waals surface area (Å²) < 4.78 is 40.8. The van der Waals surface area contributed by atoms with E-state index in [0.29, 0.717) is 29.0 Å². The number of anilines is 1. The van der Waals surface area contributed by atoms with E-state index in [-0.39, 0.29) is 6.61 Å². The Morgan fingerprint density at radius 2 is 1.86 bits per heavy atom. The van der Waals surface area contributed by atoms with Gasteiger partial charge in [0, 0.05) is 24.4 Å². The van der Waals surface area contributed by atoms with Crippen molar-refractivity contribution in [2.75, 3.05) is 11.9 Å². The van der Waals surface area contributed by atoms with Crippen LogP contribution in [0.15, 0.2) is 42.6 Å². The fourth-order valence-electron chi connectivity index (χ4n) is 3.73. The maximum Gasteiger partial charge on any atom is 0.416 e. The number of nitrogens with one attached hydrogen (secondary N) is 1. The van der Waals surface area contributed by atoms with E-state index in [1.54, 1.807) is 16.5 Å². The van der Waals surface area contributed by atoms with Gasteiger partial charge in [-0.05, 0) is 55.9 Å². The Labute approximate surface area is 160 Å². The van der Waals surface area contributed by atoms with Gasteiger partial charge in [0.1, 0.15) is 0 Å². The van der Waals surface area contributed by atoms with Crippen molar-refractivity contribution in [1.29, 1.82) is 0 Å². The highest BCUT2D eigenvalue weighted by atomic mass is 19.4. The number of aliphatic hydroxyl groups is 1. The third-order valence-corrected chi connectivity index (χ3v) is 5.33. The van der Waals surface area contributed by atoms with Crippen LogP contribution in [0, 0.1) is 5.92 Å². The zero-order chi connectivity index (χ0) is 19.7. The molecular formula is C20H21F3N4O. The van der Waals surface area contributed by atoms with Crippen molar-refractivity contribution >= 4 is 11.3 Å². The summed E-state index contributed by atoms with van der Waals surface area (Å²) in [4.78, 5) is 0. The number of fused-ring (bicyclic) bond motifs is 1. The Kier molecular flexibility index (Phi) is 4.97. The Morgan fingerprint density at radius 3 is 2.57 bits per heavy atom. The van der Waals surface area contributed by atoms with Crippen LogP contribution in [0.1, 0.15) is 31.2 Å². The molecule has 0 amide bonds. The van der Waals surface area contributed by atoms with E-state index in [9.17, 15) is 18.3 Å². The minimum Gasteiger partial charge on any atom is -0.396 e. The second kappa shape index (κ2) is 7.43. The van der Waals surface area contributed by atoms with Crippen LogP contribution in [-0.4, -0.2) is 32.4 Å². The molecule has 1 fully saturated rings. The van der Waals surface area contributed by atoms with Crippen molar-refractivity contribution in [2.45, 2.75) is 37.9 Å². The standard InChI is InChI=1S/C20H21F3N4O/c21-20(22,23)15-3-1-2-14(10-15)19-26-25-18-9-8-17(11-27(18)19)24-16-6-4-13(12-28)5-7-16/h1-3,8-11,13,16,24,28H,4-7,12H2/t13-,16-. The van der Waals surface area contributed by atoms with Gasteiger partial charge in [-0.1, -0.05) is 12.1 Å². The summed E-state index contributed by atoms with van der Waals surface area (Å²) in [7, 11) is 0. The molecule has 0 bridgehead atoms. The molecular weight excluding hydrogens is 369 g/mol. The zero-order valence-electron chi connectivity index (χ0n) is 15.2. The molecule has 0 unspecified atom stereocenters. The third-order valence-electron chi connectivity index (χ3n) is 5.33. The molecule has 3 aromatic rings. The molecule has 2 heterocycles. The molecule has 0 radical (unpaired) electrons. The lowest BCUT2D eigenvalue weighted by Gasteiger charge is -2.28. The van der Waals surface area contributed by atoms with Gasteiger partial charge < -0.3 is 10.4 Å². The van der Waals surface area contributed by atoms with E-state index in [2.05, 4.69) is 15.5 Å². The third kappa shape index (κ3) is 3.82. The lowest BCUT2D eigenvalue weighted by Crippen LogP contribution is -2.27. The number of alkyl halides is 3. The molecule has 5 nitrogen and oxygen atoms in total. The zero-order valence-corrected chi connectivity index (χ0v) is 15.2. The van der Waals surface area contributed by atoms with Gasteiger partial charge in [-0.15, -0.1) is 10.2 Å². The largest absolute Gasteiger partial charge is 0.416 e. The Balaban J connectivity index is 1.60. The number of hydrogen-bond donors (Lipinski definition) is 2. The highest BCUT2D eigenvalue weighted by Gasteiger charge is 2.30. The van der Waals surface area contributed by atoms with Crippen molar-refractivity contribution < 1.29 is 18.3 Å². The molecule has 2 N–H and O–H groups in total. The first-order valence-corrected chi connectivity index (χ1v) is 9.34. The first-order chi connectivity index (χ1) is 13.4. The number of hydrogen-bond acceptors (Lipinski definition) is 4. The SMILES string of the molecule is OC[C@H]1CC[C@H](Nc2ccc3nnc(-c4cccc(C(F)(F)F)c4)n3c2)CC1. The van der Waals surface area contributed by atoms with Gasteiger partial charge in [-0.25, -0.2) is 0 Å². The first kappa shape index (κ1) is 18.7. The van der Waals surface area contributed by atoms with Crippen LogP contribution >= 0.6 is 0 Å². The lowest BCUT2D eigenvalue weighted by molar-refractivity contribution is -0.137. The van der Waals surface area contributed by atoms with Crippen LogP contribution in [0.4, 0.5) is 18.9 Å². The smallest absolute Gasteiger partial charge is 0.396 e. The highest BCUT2D eigenvalue weighted by Crippen LogP contribution is 2.32. The second-order valence-electron chi connectivity index (χ2n) is 7.29. The van der Waals surface area contributed by atoms with Gasteiger partial charge in [0.2, 0.25) is 0 Å². The number of halogens is 3. The molecule has 4 rings (SSSR count). The van der Waals surface area contributed by atoms with Gasteiger partial charge in [0.05, 0.1) is 11.3 Å². The Bertz CT molecular complexity index is 961. The Hall–Kier alpha value is -2.61. The summed E-state index contributed by atoms with van der Waals surface area (Å²) in [6, 6.07) is 9.12. The van der Waals surface area contributed by atoms with Gasteiger partial charge in [-0.2, -0.15) is 13.2 Å². The van der Waals surface area contributed by atoms with Crippen molar-refractivity contribution in [3.63, 3.8) is 0 Å². The number of aliphatic hydroxyl groups excluding tert-OH is 1. The number of rotatable bonds is 4. The van der Waals surface area contributed by atoms with Crippen LogP contribution in [0.2, 0.25) is 0 Å². The fourth-order valence-corrected chi connectivity index (χ4v) is 3.73. The summed E-state index contributed by atoms with van der Waals surface area (Å²) >= 11 is 0. The minimum atomic E-state index is -4.41. The molecule has 1 aromatic carbocycles. The lowest BCUT2D eigenvalue weighted by atomic mass is 9.86. The van der Waals surface area contributed by atoms with Crippen molar-refractivity contribution in [3.8, 4) is 11.4 Å². The van der Waals surface area contributed by atoms with E-state index in [4.69, 9.17) is 0 Å². The van der Waals surface area contributed by atoms with E-state index >= 15 is 0 Å². The average molecular weight is 390 g/mol. The average Bonchev–Trinajstić information content (AvgIpc) is 3.11. The molecule has 1 aliphatic carbocycles. The van der Waals surface area contributed by atoms with Crippen LogP contribution in [0.3, 0.4) is 0 Å². The molecule has 0 aliphatic heterocycles. The molecule has 28 heavy (non-hydrogen) atoms. The monoisotopic (exact) mass is 390 g/mol. The quantitative estimate of drug-likeness (QED) is 0.694. The summed E-state index contributed by atoms with van der Waals surface area (Å²) in [6.45, 7) is 0.236. The van der Waals surface area contributed by atoms with Crippen LogP contribution in [0.25, 0.3) is 17.0 Å². The predicted octanol–water partition coefficient (Wildman–Crippen LogP) is 4.38. The van der Waals surface area contributed by atoms with Crippen LogP contribution in [0.5, 0.6) is 0 Å². The molecule has 1 saturated carbocycles. The second-order valence-corrected chi connectivity index (χ2v) is 7.29. The van der Waals surface area contributed by atoms with Crippen molar-refractivity contribution in [2.24, 2.45) is 5.92 Å². The van der Waals surface area contributed by atoms with Crippen LogP contribution in [-0.2, 0) is 6.18 Å². The highest BCUT2D eigenvalue weighted by molar-refractivity contribution is 5.62. The van der Waals surface area contributed by atoms with E-state index < -0.39 is 11.7 Å². The maximum absolute atomic E-state index is 13.0. The van der Waals surface area contributed by atoms with Crippen molar-refractivity contribution in [3.05, 3.63) is 48.2 Å². The molecule has 8 heteroatoms. The fraction of sp³-hybridized carbons (Fsp3) is 0.400. The topological polar surface area (TPSA) is 62.5 Å². The molecule has 0 spiro atoms. The molecule has 2 aromatic heterocycles. The van der Waals surface area contributed by atoms with E-state index in [1.807, 2.05) is 12.3 Å². The summed E-state index contributed by atoms with van der Waals surface area (Å²) in [5.74, 6) is 0.750. The first-order valence-electron chi connectivity index (χ1n) is 9.34. The molecule has 148 valence electrons. The van der Waals surface area contributed by atoms with Gasteiger partial charge >= 0.3 is 6.18 Å². The number of pyridine rings is 1. The van der Waals surface area contributed by atoms with Crippen LogP contribution < -0.4 is 5.32 Å². The number of aromatic nitrogens is 3. The summed E-state index contributed by atoms with van der Waals surface area (Å²) in [5, 5.41) is 20.9. The number of nitrogens with zero attached hydrogens (tertiary/aromatic N) is 3. The molecule has 0 saturated heterocycles. The molecule has 1 aliphatic rings. The van der Waals surface area contributed by atoms with Gasteiger partial charge in [-0.3, -0.25) is 4.40 Å². The normalized spacial score (nSPS) is 20.4. The summed E-state index contributed by atoms with van der Waals surface area (Å²) in [6.07, 6.45) is 1.34. The minimum absolute atomic E-state index is 0.236. The maximum atomic E-state index is 13.0. The Morgan fingerprint density at radius 1 is 1.07 bits per heavy atom. The van der Waals surface area contributed by atoms with Crippen molar-refractivity contribution in [1.82, 2.24) is 14.6 Å². The van der Waals surface area contributed by atoms with Gasteiger partial charge in [0.25, 0.3) is 0 Å². The predicted molar refractivity (Wildman–Crippen MR) is 99.9 cm³/mol. The van der Waals surface area contributed by atoms with E-state index in [1.165, 1.54) is 6.07 Å². The van der Waals surface area contributed by atoms with Gasteiger partial charge in [0.15, 0.2) is 11.5 Å². The summed E-state index contributed by atoms with van der Waals surface area (Å²) in [5.41, 5.74) is 1.09.